The zero-order valence-corrected chi connectivity index (χ0v) is 13.3. The molecule has 0 unspecified atom stereocenters. The van der Waals surface area contributed by atoms with Gasteiger partial charge in [-0.25, -0.2) is 9.59 Å². The van der Waals surface area contributed by atoms with E-state index in [2.05, 4.69) is 37.4 Å². The summed E-state index contributed by atoms with van der Waals surface area (Å²) in [6.07, 6.45) is 2.60. The fourth-order valence-electron chi connectivity index (χ4n) is 1.41. The van der Waals surface area contributed by atoms with Gasteiger partial charge in [0.25, 0.3) is 0 Å². The van der Waals surface area contributed by atoms with Gasteiger partial charge < -0.3 is 19.5 Å². The molecule has 1 N–H and O–H groups in total. The van der Waals surface area contributed by atoms with Crippen LogP contribution in [0.1, 0.15) is 33.6 Å². The van der Waals surface area contributed by atoms with Crippen molar-refractivity contribution in [1.82, 2.24) is 5.32 Å². The van der Waals surface area contributed by atoms with Crippen LogP contribution in [0.2, 0.25) is 0 Å². The number of hydrogen-bond donors (Lipinski definition) is 1. The number of esters is 1. The second-order valence-electron chi connectivity index (χ2n) is 5.71. The minimum absolute atomic E-state index is 0.0866. The summed E-state index contributed by atoms with van der Waals surface area (Å²) in [6.45, 7) is 11.4. The molecule has 0 aromatic carbocycles. The third kappa shape index (κ3) is 14.7. The SMILES string of the molecule is C=CC(=O)OCCNC(=O)OCCOCCCC(C)(C)C. The normalized spacial score (nSPS) is 10.8. The molecule has 0 rings (SSSR count). The van der Waals surface area contributed by atoms with Crippen molar-refractivity contribution in [3.8, 4) is 0 Å². The first kappa shape index (κ1) is 19.4. The number of alkyl carbamates (subject to hydrolysis) is 1. The van der Waals surface area contributed by atoms with Gasteiger partial charge in [-0.05, 0) is 18.3 Å². The lowest BCUT2D eigenvalue weighted by molar-refractivity contribution is -0.137. The van der Waals surface area contributed by atoms with Gasteiger partial charge in [0.05, 0.1) is 13.2 Å². The quantitative estimate of drug-likeness (QED) is 0.381. The number of amides is 1. The Morgan fingerprint density at radius 1 is 1.10 bits per heavy atom. The second-order valence-corrected chi connectivity index (χ2v) is 5.71. The average molecular weight is 301 g/mol. The molecule has 6 nitrogen and oxygen atoms in total. The highest BCUT2D eigenvalue weighted by Crippen LogP contribution is 2.20. The Morgan fingerprint density at radius 2 is 1.81 bits per heavy atom. The van der Waals surface area contributed by atoms with Crippen molar-refractivity contribution < 1.29 is 23.8 Å². The molecular formula is C15H27NO5. The van der Waals surface area contributed by atoms with E-state index >= 15 is 0 Å². The minimum atomic E-state index is -0.553. The van der Waals surface area contributed by atoms with Crippen LogP contribution in [0, 0.1) is 5.41 Å². The highest BCUT2D eigenvalue weighted by molar-refractivity contribution is 5.81. The van der Waals surface area contributed by atoms with Gasteiger partial charge in [-0.15, -0.1) is 0 Å². The molecule has 21 heavy (non-hydrogen) atoms. The van der Waals surface area contributed by atoms with Crippen LogP contribution in [0.25, 0.3) is 0 Å². The van der Waals surface area contributed by atoms with E-state index in [-0.39, 0.29) is 19.8 Å². The summed E-state index contributed by atoms with van der Waals surface area (Å²) in [5.41, 5.74) is 0.314. The molecule has 0 aromatic heterocycles. The fraction of sp³-hybridized carbons (Fsp3) is 0.733. The van der Waals surface area contributed by atoms with Crippen LogP contribution in [-0.4, -0.2) is 45.0 Å². The molecule has 0 saturated heterocycles. The van der Waals surface area contributed by atoms with E-state index in [4.69, 9.17) is 9.47 Å². The highest BCUT2D eigenvalue weighted by Gasteiger charge is 2.08. The summed E-state index contributed by atoms with van der Waals surface area (Å²) in [4.78, 5) is 21.9. The van der Waals surface area contributed by atoms with Crippen LogP contribution in [0.3, 0.4) is 0 Å². The Balaban J connectivity index is 3.34. The highest BCUT2D eigenvalue weighted by atomic mass is 16.6. The first-order chi connectivity index (χ1) is 9.85. The van der Waals surface area contributed by atoms with Crippen molar-refractivity contribution in [3.63, 3.8) is 0 Å². The number of carbonyl (C=O) groups is 2. The standard InChI is InChI=1S/C15H27NO5/c1-5-13(17)20-10-8-16-14(18)21-12-11-19-9-6-7-15(2,3)4/h5H,1,6-12H2,2-4H3,(H,16,18). The molecule has 0 aromatic rings. The second kappa shape index (κ2) is 11.1. The van der Waals surface area contributed by atoms with Crippen molar-refractivity contribution >= 4 is 12.1 Å². The summed E-state index contributed by atoms with van der Waals surface area (Å²) < 4.78 is 14.9. The van der Waals surface area contributed by atoms with Gasteiger partial charge in [0.2, 0.25) is 0 Å². The van der Waals surface area contributed by atoms with Crippen LogP contribution < -0.4 is 5.32 Å². The van der Waals surface area contributed by atoms with Gasteiger partial charge in [0.1, 0.15) is 13.2 Å². The molecule has 0 fully saturated rings. The van der Waals surface area contributed by atoms with Crippen LogP contribution in [-0.2, 0) is 19.0 Å². The molecule has 122 valence electrons. The van der Waals surface area contributed by atoms with E-state index in [1.54, 1.807) is 0 Å². The van der Waals surface area contributed by atoms with Crippen molar-refractivity contribution in [2.45, 2.75) is 33.6 Å². The fourth-order valence-corrected chi connectivity index (χ4v) is 1.41. The zero-order chi connectivity index (χ0) is 16.1. The van der Waals surface area contributed by atoms with E-state index in [1.807, 2.05) is 0 Å². The molecular weight excluding hydrogens is 274 g/mol. The van der Waals surface area contributed by atoms with E-state index in [0.29, 0.717) is 18.6 Å². The van der Waals surface area contributed by atoms with Gasteiger partial charge >= 0.3 is 12.1 Å². The molecule has 0 aliphatic rings. The first-order valence-electron chi connectivity index (χ1n) is 7.13. The number of ether oxygens (including phenoxy) is 3. The average Bonchev–Trinajstić information content (AvgIpc) is 2.41. The van der Waals surface area contributed by atoms with Crippen LogP contribution >= 0.6 is 0 Å². The zero-order valence-electron chi connectivity index (χ0n) is 13.3. The lowest BCUT2D eigenvalue weighted by Crippen LogP contribution is -2.29. The van der Waals surface area contributed by atoms with Crippen molar-refractivity contribution in [3.05, 3.63) is 12.7 Å². The predicted octanol–water partition coefficient (Wildman–Crippen LogP) is 2.28. The molecule has 0 aliphatic carbocycles. The Bertz CT molecular complexity index is 323. The van der Waals surface area contributed by atoms with Crippen molar-refractivity contribution in [2.24, 2.45) is 5.41 Å². The summed E-state index contributed by atoms with van der Waals surface area (Å²) in [5, 5.41) is 2.46. The number of carbonyl (C=O) groups excluding carboxylic acids is 2. The maximum absolute atomic E-state index is 11.2. The monoisotopic (exact) mass is 301 g/mol. The van der Waals surface area contributed by atoms with E-state index in [1.165, 1.54) is 0 Å². The summed E-state index contributed by atoms with van der Waals surface area (Å²) in [7, 11) is 0. The third-order valence-corrected chi connectivity index (χ3v) is 2.46. The molecule has 0 spiro atoms. The maximum Gasteiger partial charge on any atom is 0.407 e. The molecule has 0 bridgehead atoms. The Morgan fingerprint density at radius 3 is 2.43 bits per heavy atom. The first-order valence-corrected chi connectivity index (χ1v) is 7.13. The van der Waals surface area contributed by atoms with E-state index in [9.17, 15) is 9.59 Å². The van der Waals surface area contributed by atoms with Crippen molar-refractivity contribution in [2.75, 3.05) is 33.0 Å². The van der Waals surface area contributed by atoms with Gasteiger partial charge in [-0.3, -0.25) is 0 Å². The lowest BCUT2D eigenvalue weighted by Gasteiger charge is -2.17. The minimum Gasteiger partial charge on any atom is -0.461 e. The van der Waals surface area contributed by atoms with Crippen LogP contribution in [0.15, 0.2) is 12.7 Å². The van der Waals surface area contributed by atoms with Gasteiger partial charge in [-0.2, -0.15) is 0 Å². The Hall–Kier alpha value is -1.56. The molecule has 6 heteroatoms. The molecule has 1 amide bonds. The molecule has 0 heterocycles. The van der Waals surface area contributed by atoms with Gasteiger partial charge in [-0.1, -0.05) is 27.4 Å². The summed E-state index contributed by atoms with van der Waals surface area (Å²) in [5.74, 6) is -0.520. The van der Waals surface area contributed by atoms with Gasteiger partial charge in [0, 0.05) is 12.7 Å². The smallest absolute Gasteiger partial charge is 0.407 e. The third-order valence-electron chi connectivity index (χ3n) is 2.46. The Labute approximate surface area is 126 Å². The largest absolute Gasteiger partial charge is 0.461 e. The van der Waals surface area contributed by atoms with Crippen molar-refractivity contribution in [1.29, 1.82) is 0 Å². The summed E-state index contributed by atoms with van der Waals surface area (Å²) in [6, 6.07) is 0. The molecule has 0 saturated carbocycles. The number of nitrogens with one attached hydrogen (secondary N) is 1. The van der Waals surface area contributed by atoms with Gasteiger partial charge in [0.15, 0.2) is 0 Å². The number of rotatable bonds is 10. The van der Waals surface area contributed by atoms with Crippen LogP contribution in [0.5, 0.6) is 0 Å². The maximum atomic E-state index is 11.2. The molecule has 0 atom stereocenters. The Kier molecular flexibility index (Phi) is 10.3. The predicted molar refractivity (Wildman–Crippen MR) is 80.0 cm³/mol. The number of hydrogen-bond acceptors (Lipinski definition) is 5. The lowest BCUT2D eigenvalue weighted by atomic mass is 9.91. The van der Waals surface area contributed by atoms with E-state index < -0.39 is 12.1 Å². The summed E-state index contributed by atoms with van der Waals surface area (Å²) >= 11 is 0. The molecule has 0 radical (unpaired) electrons. The molecule has 0 aliphatic heterocycles. The topological polar surface area (TPSA) is 73.9 Å². The van der Waals surface area contributed by atoms with E-state index in [0.717, 1.165) is 18.9 Å². The van der Waals surface area contributed by atoms with Crippen LogP contribution in [0.4, 0.5) is 4.79 Å².